The molecule has 0 spiro atoms. The molecule has 1 fully saturated rings. The number of ether oxygens (including phenoxy) is 2. The Morgan fingerprint density at radius 3 is 2.56 bits per heavy atom. The average Bonchev–Trinajstić information content (AvgIpc) is 2.82. The Balaban J connectivity index is 2.26. The lowest BCUT2D eigenvalue weighted by atomic mass is 10.0. The van der Waals surface area contributed by atoms with E-state index in [-0.39, 0.29) is 5.84 Å². The fourth-order valence-electron chi connectivity index (χ4n) is 1.79. The second-order valence-electron chi connectivity index (χ2n) is 3.86. The first-order valence-corrected chi connectivity index (χ1v) is 6.03. The van der Waals surface area contributed by atoms with E-state index in [1.54, 1.807) is 18.2 Å². The van der Waals surface area contributed by atoms with Crippen LogP contribution in [0.1, 0.15) is 5.56 Å². The van der Waals surface area contributed by atoms with Gasteiger partial charge in [0.1, 0.15) is 0 Å². The molecule has 0 aromatic heterocycles. The van der Waals surface area contributed by atoms with E-state index in [4.69, 9.17) is 43.6 Å². The van der Waals surface area contributed by atoms with Gasteiger partial charge in [-0.1, -0.05) is 34.4 Å². The first-order valence-electron chi connectivity index (χ1n) is 5.27. The molecule has 18 heavy (non-hydrogen) atoms. The first-order chi connectivity index (χ1) is 8.57. The fraction of sp³-hybridized carbons (Fsp3) is 0.364. The van der Waals surface area contributed by atoms with Gasteiger partial charge in [-0.15, -0.1) is 0 Å². The molecular weight excluding hydrogens is 279 g/mol. The Kier molecular flexibility index (Phi) is 3.97. The Labute approximate surface area is 114 Å². The smallest absolute Gasteiger partial charge is 0.235 e. The minimum absolute atomic E-state index is 0.119. The van der Waals surface area contributed by atoms with Crippen LogP contribution in [0.3, 0.4) is 0 Å². The van der Waals surface area contributed by atoms with Crippen molar-refractivity contribution in [2.75, 3.05) is 13.2 Å². The van der Waals surface area contributed by atoms with E-state index in [0.717, 1.165) is 5.56 Å². The third kappa shape index (κ3) is 2.54. The van der Waals surface area contributed by atoms with E-state index >= 15 is 0 Å². The van der Waals surface area contributed by atoms with E-state index in [9.17, 15) is 0 Å². The fourth-order valence-corrected chi connectivity index (χ4v) is 2.11. The van der Waals surface area contributed by atoms with Gasteiger partial charge >= 0.3 is 0 Å². The largest absolute Gasteiger partial charge is 0.409 e. The summed E-state index contributed by atoms with van der Waals surface area (Å²) >= 11 is 11.8. The lowest BCUT2D eigenvalue weighted by Gasteiger charge is -2.25. The van der Waals surface area contributed by atoms with Gasteiger partial charge < -0.3 is 20.4 Å². The number of rotatable bonds is 3. The molecule has 3 N–H and O–H groups in total. The molecule has 98 valence electrons. The number of hydrogen-bond acceptors (Lipinski definition) is 4. The lowest BCUT2D eigenvalue weighted by Crippen LogP contribution is -2.47. The molecular formula is C11H12Cl2N2O3. The third-order valence-corrected chi connectivity index (χ3v) is 3.41. The van der Waals surface area contributed by atoms with Crippen molar-refractivity contribution < 1.29 is 14.7 Å². The first kappa shape index (κ1) is 13.4. The summed E-state index contributed by atoms with van der Waals surface area (Å²) in [5, 5.41) is 12.7. The Hall–Kier alpha value is -1.01. The van der Waals surface area contributed by atoms with Crippen molar-refractivity contribution >= 4 is 29.0 Å². The number of oxime groups is 1. The topological polar surface area (TPSA) is 77.1 Å². The maximum absolute atomic E-state index is 8.79. The summed E-state index contributed by atoms with van der Waals surface area (Å²) in [7, 11) is 0. The highest BCUT2D eigenvalue weighted by Crippen LogP contribution is 2.28. The average molecular weight is 291 g/mol. The van der Waals surface area contributed by atoms with Crippen LogP contribution in [-0.4, -0.2) is 30.0 Å². The summed E-state index contributed by atoms with van der Waals surface area (Å²) in [4.78, 5) is 0. The predicted octanol–water partition coefficient (Wildman–Crippen LogP) is 2.03. The van der Waals surface area contributed by atoms with Crippen LogP contribution in [0.2, 0.25) is 10.0 Å². The molecule has 0 bridgehead atoms. The Bertz CT molecular complexity index is 473. The van der Waals surface area contributed by atoms with E-state index in [1.807, 2.05) is 0 Å². The molecule has 0 atom stereocenters. The van der Waals surface area contributed by atoms with Crippen LogP contribution >= 0.6 is 23.2 Å². The van der Waals surface area contributed by atoms with Gasteiger partial charge in [-0.3, -0.25) is 0 Å². The van der Waals surface area contributed by atoms with Gasteiger partial charge in [-0.2, -0.15) is 0 Å². The molecule has 1 aromatic carbocycles. The monoisotopic (exact) mass is 290 g/mol. The van der Waals surface area contributed by atoms with E-state index in [0.29, 0.717) is 29.7 Å². The minimum atomic E-state index is -1.23. The highest BCUT2D eigenvalue weighted by atomic mass is 35.5. The Morgan fingerprint density at radius 1 is 1.33 bits per heavy atom. The van der Waals surface area contributed by atoms with Gasteiger partial charge in [0.05, 0.1) is 23.3 Å². The summed E-state index contributed by atoms with van der Waals surface area (Å²) in [5.41, 5.74) is 6.44. The number of amidine groups is 1. The summed E-state index contributed by atoms with van der Waals surface area (Å²) in [6, 6.07) is 5.15. The van der Waals surface area contributed by atoms with E-state index in [2.05, 4.69) is 5.16 Å². The Morgan fingerprint density at radius 2 is 2.00 bits per heavy atom. The van der Waals surface area contributed by atoms with Crippen molar-refractivity contribution in [1.29, 1.82) is 0 Å². The van der Waals surface area contributed by atoms with Gasteiger partial charge in [-0.25, -0.2) is 0 Å². The number of hydrogen-bond donors (Lipinski definition) is 2. The van der Waals surface area contributed by atoms with Crippen molar-refractivity contribution in [1.82, 2.24) is 0 Å². The summed E-state index contributed by atoms with van der Waals surface area (Å²) < 4.78 is 10.9. The molecule has 1 heterocycles. The molecule has 2 rings (SSSR count). The molecule has 1 aromatic rings. The maximum Gasteiger partial charge on any atom is 0.235 e. The van der Waals surface area contributed by atoms with Gasteiger partial charge in [-0.05, 0) is 17.7 Å². The SMILES string of the molecule is NC(=NO)C1(Cc2ccc(Cl)c(Cl)c2)OCCO1. The highest BCUT2D eigenvalue weighted by Gasteiger charge is 2.41. The quantitative estimate of drug-likeness (QED) is 0.386. The van der Waals surface area contributed by atoms with E-state index < -0.39 is 5.79 Å². The molecule has 7 heteroatoms. The van der Waals surface area contributed by atoms with Crippen molar-refractivity contribution in [2.24, 2.45) is 10.9 Å². The molecule has 1 aliphatic rings. The highest BCUT2D eigenvalue weighted by molar-refractivity contribution is 6.42. The second kappa shape index (κ2) is 5.32. The van der Waals surface area contributed by atoms with Crippen LogP contribution in [0, 0.1) is 0 Å². The van der Waals surface area contributed by atoms with Crippen molar-refractivity contribution in [3.05, 3.63) is 33.8 Å². The molecule has 0 saturated carbocycles. The molecule has 0 unspecified atom stereocenters. The lowest BCUT2D eigenvalue weighted by molar-refractivity contribution is -0.0989. The van der Waals surface area contributed by atoms with Crippen LogP contribution in [0.25, 0.3) is 0 Å². The van der Waals surface area contributed by atoms with Gasteiger partial charge in [0, 0.05) is 6.42 Å². The van der Waals surface area contributed by atoms with Crippen LogP contribution in [0.4, 0.5) is 0 Å². The third-order valence-electron chi connectivity index (χ3n) is 2.67. The molecule has 1 aliphatic heterocycles. The van der Waals surface area contributed by atoms with Crippen LogP contribution < -0.4 is 5.73 Å². The summed E-state index contributed by atoms with van der Waals surface area (Å²) in [6.45, 7) is 0.773. The van der Waals surface area contributed by atoms with Crippen LogP contribution in [0.15, 0.2) is 23.4 Å². The molecule has 0 amide bonds. The summed E-state index contributed by atoms with van der Waals surface area (Å²) in [5.74, 6) is -1.35. The van der Waals surface area contributed by atoms with Gasteiger partial charge in [0.2, 0.25) is 5.79 Å². The molecule has 0 aliphatic carbocycles. The number of nitrogens with two attached hydrogens (primary N) is 1. The second-order valence-corrected chi connectivity index (χ2v) is 4.67. The van der Waals surface area contributed by atoms with Crippen LogP contribution in [-0.2, 0) is 15.9 Å². The minimum Gasteiger partial charge on any atom is -0.409 e. The number of nitrogens with zero attached hydrogens (tertiary/aromatic N) is 1. The molecule has 0 radical (unpaired) electrons. The zero-order chi connectivity index (χ0) is 13.2. The number of halogens is 2. The zero-order valence-electron chi connectivity index (χ0n) is 9.40. The van der Waals surface area contributed by atoms with Crippen molar-refractivity contribution in [3.63, 3.8) is 0 Å². The normalized spacial score (nSPS) is 19.1. The number of benzene rings is 1. The summed E-state index contributed by atoms with van der Waals surface area (Å²) in [6.07, 6.45) is 0.291. The van der Waals surface area contributed by atoms with Crippen LogP contribution in [0.5, 0.6) is 0 Å². The van der Waals surface area contributed by atoms with Gasteiger partial charge in [0.25, 0.3) is 0 Å². The van der Waals surface area contributed by atoms with E-state index in [1.165, 1.54) is 0 Å². The van der Waals surface area contributed by atoms with Crippen molar-refractivity contribution in [2.45, 2.75) is 12.2 Å². The molecule has 5 nitrogen and oxygen atoms in total. The van der Waals surface area contributed by atoms with Gasteiger partial charge in [0.15, 0.2) is 5.84 Å². The predicted molar refractivity (Wildman–Crippen MR) is 68.2 cm³/mol. The standard InChI is InChI=1S/C11H12Cl2N2O3/c12-8-2-1-7(5-9(8)13)6-11(10(14)15-16)17-3-4-18-11/h1-2,5,16H,3-4,6H2,(H2,14,15). The molecule has 1 saturated heterocycles. The van der Waals surface area contributed by atoms with Crippen molar-refractivity contribution in [3.8, 4) is 0 Å². The zero-order valence-corrected chi connectivity index (χ0v) is 10.9. The maximum atomic E-state index is 8.79.